The largest absolute Gasteiger partial charge is 0.510 e. The molecule has 1 amide bonds. The summed E-state index contributed by atoms with van der Waals surface area (Å²) in [6, 6.07) is 6.08. The molecule has 1 aromatic heterocycles. The third-order valence-corrected chi connectivity index (χ3v) is 4.32. The zero-order valence-electron chi connectivity index (χ0n) is 15.9. The zero-order chi connectivity index (χ0) is 20.3. The summed E-state index contributed by atoms with van der Waals surface area (Å²) >= 11 is 0. The number of amides is 1. The number of nitrogens with one attached hydrogen (secondary N) is 1. The van der Waals surface area contributed by atoms with Crippen LogP contribution in [-0.2, 0) is 16.0 Å². The van der Waals surface area contributed by atoms with E-state index in [9.17, 15) is 14.3 Å². The smallest absolute Gasteiger partial charge is 0.215 e. The second-order valence-corrected chi connectivity index (χ2v) is 6.94. The van der Waals surface area contributed by atoms with Crippen LogP contribution in [0.3, 0.4) is 0 Å². The zero-order valence-corrected chi connectivity index (χ0v) is 15.9. The Kier molecular flexibility index (Phi) is 5.55. The number of allylic oxidation sites excluding steroid dienone is 1. The highest BCUT2D eigenvalue weighted by Gasteiger charge is 2.35. The van der Waals surface area contributed by atoms with Crippen molar-refractivity contribution in [2.45, 2.75) is 32.8 Å². The third-order valence-electron chi connectivity index (χ3n) is 4.32. The Hall–Kier alpha value is -3.07. The Bertz CT molecular complexity index is 914. The molecule has 3 rings (SSSR count). The second-order valence-electron chi connectivity index (χ2n) is 6.94. The van der Waals surface area contributed by atoms with Crippen LogP contribution in [0.4, 0.5) is 4.39 Å². The van der Waals surface area contributed by atoms with Gasteiger partial charge in [0, 0.05) is 6.42 Å². The fourth-order valence-electron chi connectivity index (χ4n) is 2.89. The van der Waals surface area contributed by atoms with E-state index in [-0.39, 0.29) is 23.1 Å². The normalized spacial score (nSPS) is 18.9. The number of aliphatic hydroxyl groups is 1. The molecule has 2 N–H and O–H groups in total. The van der Waals surface area contributed by atoms with Crippen LogP contribution in [0.15, 0.2) is 35.0 Å². The lowest BCUT2D eigenvalue weighted by atomic mass is 10.1. The number of hydrogen-bond acceptors (Lipinski definition) is 6. The van der Waals surface area contributed by atoms with Crippen molar-refractivity contribution in [1.29, 1.82) is 0 Å². The van der Waals surface area contributed by atoms with Crippen molar-refractivity contribution in [3.63, 3.8) is 0 Å². The monoisotopic (exact) mass is 387 g/mol. The Labute approximate surface area is 161 Å². The van der Waals surface area contributed by atoms with E-state index in [4.69, 9.17) is 4.74 Å². The molecule has 0 bridgehead atoms. The topological polar surface area (TPSA) is 104 Å². The van der Waals surface area contributed by atoms with Gasteiger partial charge in [0.2, 0.25) is 12.2 Å². The molecule has 0 saturated carbocycles. The highest BCUT2D eigenvalue weighted by Crippen LogP contribution is 2.24. The summed E-state index contributed by atoms with van der Waals surface area (Å²) in [6.07, 6.45) is 1.10. The molecule has 0 unspecified atom stereocenters. The van der Waals surface area contributed by atoms with Crippen LogP contribution >= 0.6 is 0 Å². The highest BCUT2D eigenvalue weighted by molar-refractivity contribution is 5.99. The molecule has 0 spiro atoms. The first kappa shape index (κ1) is 19.7. The maximum atomic E-state index is 13.0. The van der Waals surface area contributed by atoms with E-state index in [1.54, 1.807) is 26.0 Å². The van der Waals surface area contributed by atoms with Gasteiger partial charge in [-0.05, 0) is 38.5 Å². The van der Waals surface area contributed by atoms with Gasteiger partial charge in [0.1, 0.15) is 34.5 Å². The quantitative estimate of drug-likeness (QED) is 0.606. The highest BCUT2D eigenvalue weighted by atomic mass is 19.1. The number of carbonyl (C=O) groups is 1. The van der Waals surface area contributed by atoms with Gasteiger partial charge < -0.3 is 9.84 Å². The standard InChI is InChI=1S/C19H22FN5O3/c1-12(27)16(22-18-19(2,3)28-9-8-25(18)11-26)17-21-15(23-24-17)10-13-4-6-14(20)7-5-13/h4-7,11,27H,8-10H2,1-3H3,(H,21,23,24)/b16-12+,22-18?. The summed E-state index contributed by atoms with van der Waals surface area (Å²) in [5, 5.41) is 17.1. The van der Waals surface area contributed by atoms with Crippen molar-refractivity contribution in [3.05, 3.63) is 53.1 Å². The lowest BCUT2D eigenvalue weighted by Gasteiger charge is -2.37. The maximum absolute atomic E-state index is 13.0. The fraction of sp³-hybridized carbons (Fsp3) is 0.368. The minimum Gasteiger partial charge on any atom is -0.510 e. The minimum atomic E-state index is -0.812. The average molecular weight is 387 g/mol. The third kappa shape index (κ3) is 4.25. The Morgan fingerprint density at radius 1 is 1.43 bits per heavy atom. The molecule has 148 valence electrons. The number of aliphatic hydroxyl groups excluding tert-OH is 1. The van der Waals surface area contributed by atoms with E-state index < -0.39 is 5.60 Å². The van der Waals surface area contributed by atoms with E-state index >= 15 is 0 Å². The van der Waals surface area contributed by atoms with Crippen LogP contribution in [0, 0.1) is 5.82 Å². The lowest BCUT2D eigenvalue weighted by molar-refractivity contribution is -0.118. The van der Waals surface area contributed by atoms with Gasteiger partial charge in [0.15, 0.2) is 0 Å². The Morgan fingerprint density at radius 3 is 2.79 bits per heavy atom. The Morgan fingerprint density at radius 2 is 2.14 bits per heavy atom. The van der Waals surface area contributed by atoms with Crippen molar-refractivity contribution in [3.8, 4) is 0 Å². The van der Waals surface area contributed by atoms with Crippen LogP contribution in [0.1, 0.15) is 38.0 Å². The van der Waals surface area contributed by atoms with E-state index in [0.29, 0.717) is 37.6 Å². The maximum Gasteiger partial charge on any atom is 0.215 e. The molecular formula is C19H22FN5O3. The van der Waals surface area contributed by atoms with Gasteiger partial charge in [0.05, 0.1) is 13.2 Å². The predicted molar refractivity (Wildman–Crippen MR) is 101 cm³/mol. The van der Waals surface area contributed by atoms with E-state index in [2.05, 4.69) is 20.2 Å². The number of carbonyl (C=O) groups excluding carboxylic acids is 1. The minimum absolute atomic E-state index is 0.0907. The molecule has 2 aromatic rings. The van der Waals surface area contributed by atoms with Gasteiger partial charge in [-0.1, -0.05) is 12.1 Å². The predicted octanol–water partition coefficient (Wildman–Crippen LogP) is 2.45. The first-order chi connectivity index (χ1) is 13.3. The molecule has 0 atom stereocenters. The summed E-state index contributed by atoms with van der Waals surface area (Å²) in [5.74, 6) is 0.689. The molecule has 1 aromatic carbocycles. The number of aromatic amines is 1. The first-order valence-corrected chi connectivity index (χ1v) is 8.81. The number of benzene rings is 1. The molecule has 0 aliphatic carbocycles. The van der Waals surface area contributed by atoms with Gasteiger partial charge in [-0.25, -0.2) is 14.4 Å². The van der Waals surface area contributed by atoms with Crippen molar-refractivity contribution < 1.29 is 19.0 Å². The molecule has 1 saturated heterocycles. The van der Waals surface area contributed by atoms with Crippen molar-refractivity contribution in [2.75, 3.05) is 13.2 Å². The molecule has 0 radical (unpaired) electrons. The molecule has 2 heterocycles. The molecule has 1 fully saturated rings. The van der Waals surface area contributed by atoms with Gasteiger partial charge in [-0.15, -0.1) is 0 Å². The van der Waals surface area contributed by atoms with E-state index in [0.717, 1.165) is 5.56 Å². The average Bonchev–Trinajstić information content (AvgIpc) is 3.09. The molecular weight excluding hydrogens is 365 g/mol. The second kappa shape index (κ2) is 7.89. The summed E-state index contributed by atoms with van der Waals surface area (Å²) in [5.41, 5.74) is 0.185. The fourth-order valence-corrected chi connectivity index (χ4v) is 2.89. The number of aliphatic imine (C=N–C) groups is 1. The molecule has 9 heteroatoms. The lowest BCUT2D eigenvalue weighted by Crippen LogP contribution is -2.53. The first-order valence-electron chi connectivity index (χ1n) is 8.81. The Balaban J connectivity index is 1.91. The molecule has 1 aliphatic heterocycles. The SMILES string of the molecule is C/C(O)=C(\N=C1N(C=O)CCOC1(C)C)c1n[nH]c(Cc2ccc(F)cc2)n1. The van der Waals surface area contributed by atoms with E-state index in [1.807, 2.05) is 0 Å². The number of hydrogen-bond donors (Lipinski definition) is 2. The molecule has 28 heavy (non-hydrogen) atoms. The van der Waals surface area contributed by atoms with Gasteiger partial charge >= 0.3 is 0 Å². The number of aromatic nitrogens is 3. The summed E-state index contributed by atoms with van der Waals surface area (Å²) < 4.78 is 18.8. The number of halogens is 1. The van der Waals surface area contributed by atoms with Crippen LogP contribution in [0.2, 0.25) is 0 Å². The van der Waals surface area contributed by atoms with Crippen molar-refractivity contribution in [1.82, 2.24) is 20.1 Å². The number of ether oxygens (including phenoxy) is 1. The summed E-state index contributed by atoms with van der Waals surface area (Å²) in [6.45, 7) is 5.82. The van der Waals surface area contributed by atoms with Gasteiger partial charge in [-0.3, -0.25) is 14.8 Å². The number of H-pyrrole nitrogens is 1. The van der Waals surface area contributed by atoms with Crippen LogP contribution < -0.4 is 0 Å². The van der Waals surface area contributed by atoms with E-state index in [1.165, 1.54) is 24.0 Å². The van der Waals surface area contributed by atoms with Crippen LogP contribution in [0.5, 0.6) is 0 Å². The van der Waals surface area contributed by atoms with Crippen LogP contribution in [0.25, 0.3) is 5.70 Å². The van der Waals surface area contributed by atoms with Gasteiger partial charge in [0.25, 0.3) is 0 Å². The number of nitrogens with zero attached hydrogens (tertiary/aromatic N) is 4. The van der Waals surface area contributed by atoms with Gasteiger partial charge in [-0.2, -0.15) is 5.10 Å². The number of morpholine rings is 1. The molecule has 8 nitrogen and oxygen atoms in total. The van der Waals surface area contributed by atoms with Crippen molar-refractivity contribution in [2.24, 2.45) is 4.99 Å². The summed E-state index contributed by atoms with van der Waals surface area (Å²) in [7, 11) is 0. The van der Waals surface area contributed by atoms with Crippen LogP contribution in [-0.4, -0.2) is 56.2 Å². The summed E-state index contributed by atoms with van der Waals surface area (Å²) in [4.78, 5) is 21.7. The number of rotatable bonds is 5. The van der Waals surface area contributed by atoms with Crippen molar-refractivity contribution >= 4 is 17.9 Å². The number of amidine groups is 1. The molecule has 1 aliphatic rings.